The number of rotatable bonds is 8. The van der Waals surface area contributed by atoms with Crippen LogP contribution in [0, 0.1) is 0 Å². The highest BCUT2D eigenvalue weighted by Crippen LogP contribution is 2.58. The zero-order valence-electron chi connectivity index (χ0n) is 33.1. The summed E-state index contributed by atoms with van der Waals surface area (Å²) >= 11 is 0. The van der Waals surface area contributed by atoms with Crippen molar-refractivity contribution in [3.63, 3.8) is 0 Å². The Morgan fingerprint density at radius 3 is 1.33 bits per heavy atom. The molecule has 1 heteroatoms. The predicted octanol–water partition coefficient (Wildman–Crippen LogP) is 15.7. The number of hydrogen-bond donors (Lipinski definition) is 0. The zero-order valence-corrected chi connectivity index (χ0v) is 33.1. The highest BCUT2D eigenvalue weighted by molar-refractivity contribution is 5.96. The van der Waals surface area contributed by atoms with Gasteiger partial charge in [-0.25, -0.2) is 0 Å². The first-order valence-electron chi connectivity index (χ1n) is 20.8. The Bertz CT molecular complexity index is 3060. The van der Waals surface area contributed by atoms with Crippen LogP contribution >= 0.6 is 0 Å². The Balaban J connectivity index is 0.949. The highest BCUT2D eigenvalue weighted by atomic mass is 15.1. The first-order chi connectivity index (χ1) is 29.8. The van der Waals surface area contributed by atoms with E-state index in [0.717, 1.165) is 17.1 Å². The van der Waals surface area contributed by atoms with Crippen LogP contribution in [0.15, 0.2) is 249 Å². The lowest BCUT2D eigenvalue weighted by Gasteiger charge is -2.34. The molecule has 11 rings (SSSR count). The van der Waals surface area contributed by atoms with E-state index in [-0.39, 0.29) is 0 Å². The molecule has 0 atom stereocenters. The Morgan fingerprint density at radius 1 is 0.267 bits per heavy atom. The fraction of sp³-hybridized carbons (Fsp3) is 0.0169. The Kier molecular flexibility index (Phi) is 8.79. The third kappa shape index (κ3) is 5.94. The van der Waals surface area contributed by atoms with Crippen LogP contribution in [0.4, 0.5) is 17.1 Å². The van der Waals surface area contributed by atoms with E-state index in [1.54, 1.807) is 0 Å². The Morgan fingerprint density at radius 2 is 0.700 bits per heavy atom. The van der Waals surface area contributed by atoms with Gasteiger partial charge in [0.05, 0.1) is 5.41 Å². The van der Waals surface area contributed by atoms with Crippen LogP contribution in [0.1, 0.15) is 22.3 Å². The lowest BCUT2D eigenvalue weighted by atomic mass is 9.67. The lowest BCUT2D eigenvalue weighted by Crippen LogP contribution is -2.28. The van der Waals surface area contributed by atoms with E-state index in [1.165, 1.54) is 77.5 Å². The number of anilines is 3. The van der Waals surface area contributed by atoms with Gasteiger partial charge < -0.3 is 4.90 Å². The summed E-state index contributed by atoms with van der Waals surface area (Å²) in [6.45, 7) is 0. The van der Waals surface area contributed by atoms with Crippen molar-refractivity contribution in [2.24, 2.45) is 0 Å². The van der Waals surface area contributed by atoms with E-state index in [9.17, 15) is 0 Å². The van der Waals surface area contributed by atoms with Crippen LogP contribution in [-0.2, 0) is 5.41 Å². The Hall–Kier alpha value is -7.74. The molecule has 0 unspecified atom stereocenters. The lowest BCUT2D eigenvalue weighted by molar-refractivity contribution is 0.768. The van der Waals surface area contributed by atoms with Gasteiger partial charge in [0.15, 0.2) is 0 Å². The van der Waals surface area contributed by atoms with Crippen LogP contribution in [0.25, 0.3) is 55.3 Å². The van der Waals surface area contributed by atoms with Crippen LogP contribution in [0.2, 0.25) is 0 Å². The van der Waals surface area contributed by atoms with E-state index in [4.69, 9.17) is 0 Å². The number of fused-ring (bicyclic) bond motifs is 4. The molecule has 1 nitrogen and oxygen atoms in total. The summed E-state index contributed by atoms with van der Waals surface area (Å²) in [5.74, 6) is 0. The number of hydrogen-bond acceptors (Lipinski definition) is 1. The average molecular weight is 764 g/mol. The van der Waals surface area contributed by atoms with Crippen molar-refractivity contribution >= 4 is 27.8 Å². The fourth-order valence-electron chi connectivity index (χ4n) is 9.58. The van der Waals surface area contributed by atoms with Crippen molar-refractivity contribution < 1.29 is 0 Å². The molecular weight excluding hydrogens is 723 g/mol. The molecule has 10 aromatic rings. The van der Waals surface area contributed by atoms with Gasteiger partial charge in [-0.05, 0) is 120 Å². The molecule has 10 aromatic carbocycles. The van der Waals surface area contributed by atoms with Gasteiger partial charge >= 0.3 is 0 Å². The molecule has 1 aliphatic carbocycles. The quantitative estimate of drug-likeness (QED) is 0.149. The molecule has 0 saturated carbocycles. The molecule has 0 bridgehead atoms. The van der Waals surface area contributed by atoms with Gasteiger partial charge in [0.1, 0.15) is 0 Å². The standard InChI is InChI=1S/C59H41N/c1-4-17-49(18-5-1)59(50-19-6-2-7-20-50)56-25-13-12-23-55(56)58-54(24-14-26-57(58)59)46-35-39-53(40-36-46)60(51-21-8-3-9-22-51)52-37-33-44(34-38-52)43-27-29-45(30-28-43)48-32-31-42-15-10-11-16-47(42)41-48/h1-41H. The average Bonchev–Trinajstić information content (AvgIpc) is 3.64. The molecular formula is C59H41N. The maximum absolute atomic E-state index is 2.34. The van der Waals surface area contributed by atoms with Gasteiger partial charge in [-0.1, -0.05) is 206 Å². The van der Waals surface area contributed by atoms with E-state index >= 15 is 0 Å². The summed E-state index contributed by atoms with van der Waals surface area (Å²) < 4.78 is 0. The maximum atomic E-state index is 2.34. The molecule has 0 aliphatic heterocycles. The summed E-state index contributed by atoms with van der Waals surface area (Å²) in [6, 6.07) is 90.8. The molecule has 0 fully saturated rings. The molecule has 282 valence electrons. The largest absolute Gasteiger partial charge is 0.311 e. The summed E-state index contributed by atoms with van der Waals surface area (Å²) in [5, 5.41) is 2.52. The fourth-order valence-corrected chi connectivity index (χ4v) is 9.58. The van der Waals surface area contributed by atoms with Crippen LogP contribution < -0.4 is 4.90 Å². The van der Waals surface area contributed by atoms with Crippen LogP contribution in [0.5, 0.6) is 0 Å². The van der Waals surface area contributed by atoms with Gasteiger partial charge in [-0.3, -0.25) is 0 Å². The molecule has 0 N–H and O–H groups in total. The first-order valence-corrected chi connectivity index (χ1v) is 20.8. The summed E-state index contributed by atoms with van der Waals surface area (Å²) in [7, 11) is 0. The minimum Gasteiger partial charge on any atom is -0.311 e. The highest BCUT2D eigenvalue weighted by Gasteiger charge is 2.46. The first kappa shape index (κ1) is 35.4. The van der Waals surface area contributed by atoms with Crippen molar-refractivity contribution in [1.29, 1.82) is 0 Å². The second-order valence-electron chi connectivity index (χ2n) is 15.7. The molecule has 0 spiro atoms. The van der Waals surface area contributed by atoms with E-state index in [0.29, 0.717) is 0 Å². The van der Waals surface area contributed by atoms with Crippen molar-refractivity contribution in [2.75, 3.05) is 4.90 Å². The molecule has 0 heterocycles. The van der Waals surface area contributed by atoms with Gasteiger partial charge in [0.25, 0.3) is 0 Å². The van der Waals surface area contributed by atoms with Gasteiger partial charge in [0, 0.05) is 17.1 Å². The second-order valence-corrected chi connectivity index (χ2v) is 15.7. The molecule has 60 heavy (non-hydrogen) atoms. The second kappa shape index (κ2) is 14.9. The van der Waals surface area contributed by atoms with E-state index in [1.807, 2.05) is 0 Å². The molecule has 0 saturated heterocycles. The third-order valence-corrected chi connectivity index (χ3v) is 12.4. The van der Waals surface area contributed by atoms with Crippen LogP contribution in [-0.4, -0.2) is 0 Å². The monoisotopic (exact) mass is 763 g/mol. The minimum atomic E-state index is -0.431. The number of benzene rings is 10. The maximum Gasteiger partial charge on any atom is 0.0713 e. The zero-order chi connectivity index (χ0) is 39.9. The summed E-state index contributed by atoms with van der Waals surface area (Å²) in [6.07, 6.45) is 0. The van der Waals surface area contributed by atoms with Crippen molar-refractivity contribution in [1.82, 2.24) is 0 Å². The predicted molar refractivity (Wildman–Crippen MR) is 252 cm³/mol. The third-order valence-electron chi connectivity index (χ3n) is 12.4. The number of nitrogens with zero attached hydrogens (tertiary/aromatic N) is 1. The molecule has 0 aromatic heterocycles. The topological polar surface area (TPSA) is 3.24 Å². The SMILES string of the molecule is c1ccc(N(c2ccc(-c3ccc(-c4ccc5ccccc5c4)cc3)cc2)c2ccc(-c3cccc4c3-c3ccccc3C4(c3ccccc3)c3ccccc3)cc2)cc1. The van der Waals surface area contributed by atoms with Gasteiger partial charge in [-0.2, -0.15) is 0 Å². The van der Waals surface area contributed by atoms with Crippen molar-refractivity contribution in [3.8, 4) is 44.5 Å². The Labute approximate surface area is 352 Å². The van der Waals surface area contributed by atoms with Crippen molar-refractivity contribution in [2.45, 2.75) is 5.41 Å². The summed E-state index contributed by atoms with van der Waals surface area (Å²) in [4.78, 5) is 2.34. The smallest absolute Gasteiger partial charge is 0.0713 e. The van der Waals surface area contributed by atoms with Crippen LogP contribution in [0.3, 0.4) is 0 Å². The molecule has 0 amide bonds. The van der Waals surface area contributed by atoms with Gasteiger partial charge in [0.2, 0.25) is 0 Å². The van der Waals surface area contributed by atoms with Gasteiger partial charge in [-0.15, -0.1) is 0 Å². The van der Waals surface area contributed by atoms with E-state index < -0.39 is 5.41 Å². The number of para-hydroxylation sites is 1. The summed E-state index contributed by atoms with van der Waals surface area (Å²) in [5.41, 5.74) is 17.9. The normalized spacial score (nSPS) is 12.5. The van der Waals surface area contributed by atoms with E-state index in [2.05, 4.69) is 254 Å². The minimum absolute atomic E-state index is 0.431. The molecule has 1 aliphatic rings. The van der Waals surface area contributed by atoms with Crippen molar-refractivity contribution in [3.05, 3.63) is 271 Å². The molecule has 0 radical (unpaired) electrons.